The zero-order chi connectivity index (χ0) is 14.8. The van der Waals surface area contributed by atoms with E-state index in [-0.39, 0.29) is 27.6 Å². The third-order valence-electron chi connectivity index (χ3n) is 3.89. The normalized spacial score (nSPS) is 16.9. The number of carbonyl (C=O) groups excluding carboxylic acids is 1. The predicted molar refractivity (Wildman–Crippen MR) is 77.0 cm³/mol. The molecule has 1 aliphatic carbocycles. The summed E-state index contributed by atoms with van der Waals surface area (Å²) in [6, 6.07) is 3.89. The van der Waals surface area contributed by atoms with Crippen molar-refractivity contribution in [2.24, 2.45) is 5.41 Å². The average molecular weight is 297 g/mol. The van der Waals surface area contributed by atoms with Crippen LogP contribution in [-0.2, 0) is 0 Å². The molecule has 0 bridgehead atoms. The number of nitrogens with zero attached hydrogens (tertiary/aromatic N) is 1. The summed E-state index contributed by atoms with van der Waals surface area (Å²) in [6.45, 7) is 2.72. The van der Waals surface area contributed by atoms with Gasteiger partial charge in [0.2, 0.25) is 0 Å². The fourth-order valence-electron chi connectivity index (χ4n) is 2.60. The van der Waals surface area contributed by atoms with E-state index in [0.29, 0.717) is 6.54 Å². The Kier molecular flexibility index (Phi) is 4.28. The van der Waals surface area contributed by atoms with Crippen LogP contribution in [0.15, 0.2) is 18.2 Å². The van der Waals surface area contributed by atoms with E-state index in [4.69, 9.17) is 11.6 Å². The van der Waals surface area contributed by atoms with Crippen molar-refractivity contribution in [1.82, 2.24) is 5.32 Å². The molecule has 0 heterocycles. The number of rotatable bonds is 4. The molecular weight excluding hydrogens is 280 g/mol. The Labute approximate surface area is 122 Å². The minimum absolute atomic E-state index is 0.128. The number of hydrogen-bond donors (Lipinski definition) is 1. The van der Waals surface area contributed by atoms with Crippen molar-refractivity contribution in [3.8, 4) is 0 Å². The summed E-state index contributed by atoms with van der Waals surface area (Å²) in [5.74, 6) is -0.355. The Balaban J connectivity index is 2.08. The summed E-state index contributed by atoms with van der Waals surface area (Å²) in [6.07, 6.45) is 4.56. The molecule has 20 heavy (non-hydrogen) atoms. The quantitative estimate of drug-likeness (QED) is 0.682. The molecule has 108 valence electrons. The Hall–Kier alpha value is -1.62. The van der Waals surface area contributed by atoms with Crippen molar-refractivity contribution in [2.45, 2.75) is 32.6 Å². The van der Waals surface area contributed by atoms with Crippen LogP contribution in [0.5, 0.6) is 0 Å². The highest BCUT2D eigenvalue weighted by atomic mass is 35.5. The van der Waals surface area contributed by atoms with Crippen LogP contribution >= 0.6 is 11.6 Å². The lowest BCUT2D eigenvalue weighted by molar-refractivity contribution is -0.384. The second kappa shape index (κ2) is 5.79. The molecule has 1 N–H and O–H groups in total. The molecule has 1 saturated carbocycles. The number of carbonyl (C=O) groups is 1. The van der Waals surface area contributed by atoms with E-state index in [1.165, 1.54) is 31.0 Å². The maximum absolute atomic E-state index is 12.1. The number of nitrogens with one attached hydrogen (secondary N) is 1. The maximum atomic E-state index is 12.1. The number of nitro benzene ring substituents is 1. The largest absolute Gasteiger partial charge is 0.351 e. The fraction of sp³-hybridized carbons (Fsp3) is 0.500. The van der Waals surface area contributed by atoms with Gasteiger partial charge in [-0.2, -0.15) is 0 Å². The first-order chi connectivity index (χ1) is 9.41. The lowest BCUT2D eigenvalue weighted by atomic mass is 9.89. The minimum Gasteiger partial charge on any atom is -0.351 e. The second-order valence-electron chi connectivity index (χ2n) is 5.62. The van der Waals surface area contributed by atoms with Gasteiger partial charge in [0, 0.05) is 18.7 Å². The molecular formula is C14H17ClN2O3. The van der Waals surface area contributed by atoms with Crippen LogP contribution in [0.25, 0.3) is 0 Å². The van der Waals surface area contributed by atoms with Crippen LogP contribution in [0.1, 0.15) is 43.0 Å². The molecule has 2 rings (SSSR count). The first-order valence-corrected chi connectivity index (χ1v) is 7.01. The van der Waals surface area contributed by atoms with E-state index in [9.17, 15) is 14.9 Å². The number of halogens is 1. The molecule has 5 nitrogen and oxygen atoms in total. The van der Waals surface area contributed by atoms with Gasteiger partial charge in [-0.1, -0.05) is 31.4 Å². The van der Waals surface area contributed by atoms with Crippen molar-refractivity contribution < 1.29 is 9.72 Å². The van der Waals surface area contributed by atoms with Crippen molar-refractivity contribution in [3.63, 3.8) is 0 Å². The Morgan fingerprint density at radius 1 is 1.45 bits per heavy atom. The lowest BCUT2D eigenvalue weighted by Crippen LogP contribution is -2.34. The van der Waals surface area contributed by atoms with Gasteiger partial charge >= 0.3 is 0 Å². The van der Waals surface area contributed by atoms with Crippen LogP contribution in [-0.4, -0.2) is 17.4 Å². The maximum Gasteiger partial charge on any atom is 0.270 e. The average Bonchev–Trinajstić information content (AvgIpc) is 2.84. The van der Waals surface area contributed by atoms with Gasteiger partial charge in [-0.05, 0) is 24.3 Å². The van der Waals surface area contributed by atoms with Gasteiger partial charge < -0.3 is 5.32 Å². The van der Waals surface area contributed by atoms with E-state index in [1.807, 2.05) is 0 Å². The van der Waals surface area contributed by atoms with Crippen LogP contribution in [0.2, 0.25) is 5.02 Å². The van der Waals surface area contributed by atoms with Crippen molar-refractivity contribution in [2.75, 3.05) is 6.54 Å². The highest BCUT2D eigenvalue weighted by molar-refractivity contribution is 6.33. The summed E-state index contributed by atoms with van der Waals surface area (Å²) in [7, 11) is 0. The third-order valence-corrected chi connectivity index (χ3v) is 4.22. The van der Waals surface area contributed by atoms with Crippen LogP contribution in [0.4, 0.5) is 5.69 Å². The highest BCUT2D eigenvalue weighted by Crippen LogP contribution is 2.36. The Morgan fingerprint density at radius 2 is 2.10 bits per heavy atom. The molecule has 1 fully saturated rings. The van der Waals surface area contributed by atoms with Crippen molar-refractivity contribution in [3.05, 3.63) is 38.9 Å². The van der Waals surface area contributed by atoms with Gasteiger partial charge in [0.25, 0.3) is 11.6 Å². The van der Waals surface area contributed by atoms with Gasteiger partial charge in [0.05, 0.1) is 15.5 Å². The highest BCUT2D eigenvalue weighted by Gasteiger charge is 2.29. The molecule has 0 atom stereocenters. The fourth-order valence-corrected chi connectivity index (χ4v) is 2.80. The predicted octanol–water partition coefficient (Wildman–Crippen LogP) is 3.56. The van der Waals surface area contributed by atoms with E-state index in [2.05, 4.69) is 12.2 Å². The molecule has 0 aliphatic heterocycles. The molecule has 0 unspecified atom stereocenters. The topological polar surface area (TPSA) is 72.2 Å². The standard InChI is InChI=1S/C14H17ClN2O3/c1-14(6-2-3-7-14)9-16-13(18)11-8-10(17(19)20)4-5-12(11)15/h4-5,8H,2-3,6-7,9H2,1H3,(H,16,18). The molecule has 6 heteroatoms. The van der Waals surface area contributed by atoms with Crippen LogP contribution in [0.3, 0.4) is 0 Å². The molecule has 1 aromatic carbocycles. The number of non-ortho nitro benzene ring substituents is 1. The molecule has 1 aromatic rings. The first-order valence-electron chi connectivity index (χ1n) is 6.63. The van der Waals surface area contributed by atoms with Gasteiger partial charge in [-0.15, -0.1) is 0 Å². The molecule has 0 radical (unpaired) electrons. The smallest absolute Gasteiger partial charge is 0.270 e. The van der Waals surface area contributed by atoms with Crippen molar-refractivity contribution >= 4 is 23.2 Å². The van der Waals surface area contributed by atoms with E-state index < -0.39 is 4.92 Å². The van der Waals surface area contributed by atoms with E-state index in [0.717, 1.165) is 12.8 Å². The summed E-state index contributed by atoms with van der Waals surface area (Å²) in [4.78, 5) is 22.3. The Bertz CT molecular complexity index is 539. The zero-order valence-corrected chi connectivity index (χ0v) is 12.1. The van der Waals surface area contributed by atoms with Gasteiger partial charge in [-0.3, -0.25) is 14.9 Å². The number of benzene rings is 1. The number of hydrogen-bond acceptors (Lipinski definition) is 3. The number of nitro groups is 1. The van der Waals surface area contributed by atoms with Crippen LogP contribution < -0.4 is 5.32 Å². The minimum atomic E-state index is -0.536. The molecule has 1 aliphatic rings. The Morgan fingerprint density at radius 3 is 2.70 bits per heavy atom. The molecule has 0 aromatic heterocycles. The lowest BCUT2D eigenvalue weighted by Gasteiger charge is -2.23. The molecule has 1 amide bonds. The number of amides is 1. The van der Waals surface area contributed by atoms with Crippen LogP contribution in [0, 0.1) is 15.5 Å². The van der Waals surface area contributed by atoms with Gasteiger partial charge in [-0.25, -0.2) is 0 Å². The monoisotopic (exact) mass is 296 g/mol. The SMILES string of the molecule is CC1(CNC(=O)c2cc([N+](=O)[O-])ccc2Cl)CCCC1. The summed E-state index contributed by atoms with van der Waals surface area (Å²) in [5, 5.41) is 13.8. The van der Waals surface area contributed by atoms with E-state index >= 15 is 0 Å². The first kappa shape index (κ1) is 14.8. The summed E-state index contributed by atoms with van der Waals surface area (Å²) in [5.41, 5.74) is 0.150. The zero-order valence-electron chi connectivity index (χ0n) is 11.3. The summed E-state index contributed by atoms with van der Waals surface area (Å²) >= 11 is 5.94. The van der Waals surface area contributed by atoms with Gasteiger partial charge in [0.1, 0.15) is 0 Å². The third kappa shape index (κ3) is 3.28. The second-order valence-corrected chi connectivity index (χ2v) is 6.03. The molecule has 0 spiro atoms. The van der Waals surface area contributed by atoms with Gasteiger partial charge in [0.15, 0.2) is 0 Å². The summed E-state index contributed by atoms with van der Waals surface area (Å²) < 4.78 is 0. The molecule has 0 saturated heterocycles. The van der Waals surface area contributed by atoms with Crippen molar-refractivity contribution in [1.29, 1.82) is 0 Å². The van der Waals surface area contributed by atoms with E-state index in [1.54, 1.807) is 0 Å².